The number of hydrogen-bond donors (Lipinski definition) is 0. The number of fused-ring (bicyclic) bond motifs is 1. The summed E-state index contributed by atoms with van der Waals surface area (Å²) in [4.78, 5) is 0. The summed E-state index contributed by atoms with van der Waals surface area (Å²) < 4.78 is 0. The maximum absolute atomic E-state index is 2.16. The van der Waals surface area contributed by atoms with Gasteiger partial charge in [-0.15, -0.1) is 0 Å². The summed E-state index contributed by atoms with van der Waals surface area (Å²) in [5.41, 5.74) is 1.35. The smallest absolute Gasteiger partial charge is 0.0155 e. The zero-order valence-corrected chi connectivity index (χ0v) is 8.04. The average Bonchev–Trinajstić information content (AvgIpc) is 2.06. The highest BCUT2D eigenvalue weighted by Gasteiger charge is 1.91. The van der Waals surface area contributed by atoms with Gasteiger partial charge in [0, 0.05) is 0 Å². The van der Waals surface area contributed by atoms with Crippen molar-refractivity contribution in [2.45, 2.75) is 6.92 Å². The van der Waals surface area contributed by atoms with Crippen LogP contribution in [0.2, 0.25) is 0 Å². The Morgan fingerprint density at radius 1 is 0.833 bits per heavy atom. The van der Waals surface area contributed by atoms with Gasteiger partial charge in [0.05, 0.1) is 0 Å². The Morgan fingerprint density at radius 3 is 2.25 bits per heavy atom. The van der Waals surface area contributed by atoms with E-state index in [1.54, 1.807) is 0 Å². The number of benzene rings is 2. The van der Waals surface area contributed by atoms with Crippen molar-refractivity contribution in [2.24, 2.45) is 0 Å². The Labute approximate surface area is 79.7 Å². The van der Waals surface area contributed by atoms with Gasteiger partial charge in [-0.3, -0.25) is 0 Å². The zero-order valence-electron chi connectivity index (χ0n) is 7.04. The molecule has 0 amide bonds. The average molecular weight is 176 g/mol. The van der Waals surface area contributed by atoms with Gasteiger partial charge >= 0.3 is 0 Å². The quantitative estimate of drug-likeness (QED) is 0.578. The summed E-state index contributed by atoms with van der Waals surface area (Å²) in [6.45, 7) is 2.14. The molecule has 2 rings (SSSR count). The zero-order chi connectivity index (χ0) is 7.68. The van der Waals surface area contributed by atoms with Crippen LogP contribution in [0.4, 0.5) is 0 Å². The maximum atomic E-state index is 2.16. The van der Waals surface area contributed by atoms with Gasteiger partial charge in [-0.2, -0.15) is 13.5 Å². The lowest BCUT2D eigenvalue weighted by molar-refractivity contribution is 1.53. The second kappa shape index (κ2) is 3.63. The van der Waals surface area contributed by atoms with Crippen LogP contribution in [-0.2, 0) is 0 Å². The van der Waals surface area contributed by atoms with Crippen LogP contribution < -0.4 is 0 Å². The highest BCUT2D eigenvalue weighted by molar-refractivity contribution is 7.59. The SMILES string of the molecule is Cc1cccc2ccccc12.S. The monoisotopic (exact) mass is 176 g/mol. The van der Waals surface area contributed by atoms with Crippen LogP contribution in [0, 0.1) is 6.92 Å². The van der Waals surface area contributed by atoms with E-state index < -0.39 is 0 Å². The third-order valence-corrected chi connectivity index (χ3v) is 2.01. The molecule has 0 fully saturated rings. The minimum absolute atomic E-state index is 0. The van der Waals surface area contributed by atoms with E-state index in [4.69, 9.17) is 0 Å². The van der Waals surface area contributed by atoms with E-state index in [9.17, 15) is 0 Å². The molecule has 2 aromatic carbocycles. The first-order chi connectivity index (χ1) is 5.38. The highest BCUT2D eigenvalue weighted by atomic mass is 32.1. The van der Waals surface area contributed by atoms with Gasteiger partial charge < -0.3 is 0 Å². The predicted molar refractivity (Wildman–Crippen MR) is 59.1 cm³/mol. The fraction of sp³-hybridized carbons (Fsp3) is 0.0909. The van der Waals surface area contributed by atoms with Crippen molar-refractivity contribution in [3.63, 3.8) is 0 Å². The lowest BCUT2D eigenvalue weighted by Crippen LogP contribution is -1.75. The molecule has 2 aromatic rings. The standard InChI is InChI=1S/C11H10.H2S/c1-9-5-4-7-10-6-2-3-8-11(9)10;/h2-8H,1H3;1H2. The van der Waals surface area contributed by atoms with Gasteiger partial charge in [0.25, 0.3) is 0 Å². The van der Waals surface area contributed by atoms with Crippen molar-refractivity contribution in [1.29, 1.82) is 0 Å². The molecule has 0 bridgehead atoms. The summed E-state index contributed by atoms with van der Waals surface area (Å²) in [5.74, 6) is 0. The summed E-state index contributed by atoms with van der Waals surface area (Å²) in [6, 6.07) is 14.8. The predicted octanol–water partition coefficient (Wildman–Crippen LogP) is 3.26. The Hall–Kier alpha value is -0.950. The molecular weight excluding hydrogens is 164 g/mol. The van der Waals surface area contributed by atoms with Gasteiger partial charge in [0.15, 0.2) is 0 Å². The van der Waals surface area contributed by atoms with E-state index in [-0.39, 0.29) is 13.5 Å². The summed E-state index contributed by atoms with van der Waals surface area (Å²) in [6.07, 6.45) is 0. The van der Waals surface area contributed by atoms with Gasteiger partial charge in [0.1, 0.15) is 0 Å². The number of rotatable bonds is 0. The first kappa shape index (κ1) is 9.14. The molecule has 0 aliphatic rings. The molecule has 12 heavy (non-hydrogen) atoms. The van der Waals surface area contributed by atoms with Gasteiger partial charge in [-0.1, -0.05) is 42.5 Å². The van der Waals surface area contributed by atoms with Crippen molar-refractivity contribution >= 4 is 24.3 Å². The summed E-state index contributed by atoms with van der Waals surface area (Å²) in [5, 5.41) is 2.68. The van der Waals surface area contributed by atoms with Crippen molar-refractivity contribution in [2.75, 3.05) is 0 Å². The first-order valence-corrected chi connectivity index (χ1v) is 3.82. The van der Waals surface area contributed by atoms with E-state index in [1.807, 2.05) is 0 Å². The van der Waals surface area contributed by atoms with Crippen LogP contribution in [0.3, 0.4) is 0 Å². The van der Waals surface area contributed by atoms with E-state index in [0.29, 0.717) is 0 Å². The first-order valence-electron chi connectivity index (χ1n) is 3.82. The Kier molecular flexibility index (Phi) is 2.77. The van der Waals surface area contributed by atoms with Crippen LogP contribution >= 0.6 is 13.5 Å². The minimum Gasteiger partial charge on any atom is -0.197 e. The molecular formula is C11H12S. The Morgan fingerprint density at radius 2 is 1.50 bits per heavy atom. The van der Waals surface area contributed by atoms with Gasteiger partial charge in [0.2, 0.25) is 0 Å². The minimum atomic E-state index is 0. The van der Waals surface area contributed by atoms with E-state index in [1.165, 1.54) is 16.3 Å². The van der Waals surface area contributed by atoms with Crippen molar-refractivity contribution in [3.05, 3.63) is 48.0 Å². The highest BCUT2D eigenvalue weighted by Crippen LogP contribution is 2.16. The van der Waals surface area contributed by atoms with Crippen LogP contribution in [0.1, 0.15) is 5.56 Å². The van der Waals surface area contributed by atoms with Crippen molar-refractivity contribution < 1.29 is 0 Å². The molecule has 0 heterocycles. The molecule has 0 nitrogen and oxygen atoms in total. The summed E-state index contributed by atoms with van der Waals surface area (Å²) >= 11 is 0. The Bertz CT molecular complexity index is 374. The van der Waals surface area contributed by atoms with Crippen LogP contribution in [0.5, 0.6) is 0 Å². The topological polar surface area (TPSA) is 0 Å². The second-order valence-electron chi connectivity index (χ2n) is 2.80. The molecule has 0 atom stereocenters. The molecule has 0 aliphatic heterocycles. The third-order valence-electron chi connectivity index (χ3n) is 2.01. The fourth-order valence-corrected chi connectivity index (χ4v) is 1.39. The van der Waals surface area contributed by atoms with E-state index >= 15 is 0 Å². The van der Waals surface area contributed by atoms with E-state index in [2.05, 4.69) is 49.4 Å². The van der Waals surface area contributed by atoms with Gasteiger partial charge in [-0.25, -0.2) is 0 Å². The van der Waals surface area contributed by atoms with E-state index in [0.717, 1.165) is 0 Å². The van der Waals surface area contributed by atoms with Crippen LogP contribution in [0.15, 0.2) is 42.5 Å². The molecule has 0 aromatic heterocycles. The largest absolute Gasteiger partial charge is 0.197 e. The molecule has 0 N–H and O–H groups in total. The molecule has 0 spiro atoms. The van der Waals surface area contributed by atoms with Crippen LogP contribution in [0.25, 0.3) is 10.8 Å². The van der Waals surface area contributed by atoms with Crippen molar-refractivity contribution in [3.8, 4) is 0 Å². The molecule has 0 saturated carbocycles. The molecule has 0 aliphatic carbocycles. The molecule has 1 heteroatoms. The Balaban J connectivity index is 0.000000720. The lowest BCUT2D eigenvalue weighted by Gasteiger charge is -1.98. The summed E-state index contributed by atoms with van der Waals surface area (Å²) in [7, 11) is 0. The van der Waals surface area contributed by atoms with Crippen LogP contribution in [-0.4, -0.2) is 0 Å². The maximum Gasteiger partial charge on any atom is -0.0155 e. The third kappa shape index (κ3) is 1.46. The normalized spacial score (nSPS) is 9.42. The molecule has 62 valence electrons. The molecule has 0 radical (unpaired) electrons. The second-order valence-corrected chi connectivity index (χ2v) is 2.80. The lowest BCUT2D eigenvalue weighted by atomic mass is 10.1. The molecule has 0 saturated heterocycles. The van der Waals surface area contributed by atoms with Gasteiger partial charge in [-0.05, 0) is 23.3 Å². The molecule has 0 unspecified atom stereocenters. The number of aryl methyl sites for hydroxylation is 1. The fourth-order valence-electron chi connectivity index (χ4n) is 1.39. The number of hydrogen-bond acceptors (Lipinski definition) is 0. The van der Waals surface area contributed by atoms with Crippen molar-refractivity contribution in [1.82, 2.24) is 0 Å².